The Balaban J connectivity index is 2.43. The molecule has 0 saturated carbocycles. The third-order valence-electron chi connectivity index (χ3n) is 3.64. The van der Waals surface area contributed by atoms with Crippen molar-refractivity contribution in [2.45, 2.75) is 31.7 Å². The second-order valence-electron chi connectivity index (χ2n) is 4.88. The maximum Gasteiger partial charge on any atom is 0.107 e. The highest BCUT2D eigenvalue weighted by atomic mass is 35.5. The van der Waals surface area contributed by atoms with Crippen molar-refractivity contribution in [3.8, 4) is 0 Å². The van der Waals surface area contributed by atoms with Crippen molar-refractivity contribution in [2.75, 3.05) is 18.1 Å². The Kier molecular flexibility index (Phi) is 5.02. The molecule has 1 aliphatic heterocycles. The summed E-state index contributed by atoms with van der Waals surface area (Å²) >= 11 is 11.3. The number of halogens is 1. The predicted octanol–water partition coefficient (Wildman–Crippen LogP) is 2.72. The fraction of sp³-hybridized carbons (Fsp3) is 0.500. The molecule has 1 aromatic carbocycles. The van der Waals surface area contributed by atoms with Gasteiger partial charge in [0.05, 0.1) is 23.2 Å². The lowest BCUT2D eigenvalue weighted by Gasteiger charge is -2.32. The van der Waals surface area contributed by atoms with Crippen LogP contribution in [0.4, 0.5) is 5.69 Å². The van der Waals surface area contributed by atoms with E-state index >= 15 is 0 Å². The molecule has 19 heavy (non-hydrogen) atoms. The minimum Gasteiger partial charge on any atom is -0.394 e. The molecule has 1 atom stereocenters. The first-order valence-corrected chi connectivity index (χ1v) is 7.39. The molecule has 0 spiro atoms. The van der Waals surface area contributed by atoms with Gasteiger partial charge in [0.1, 0.15) is 4.99 Å². The Morgan fingerprint density at radius 2 is 2.21 bits per heavy atom. The number of benzene rings is 1. The smallest absolute Gasteiger partial charge is 0.107 e. The number of hydrogen-bond donors (Lipinski definition) is 2. The Labute approximate surface area is 124 Å². The van der Waals surface area contributed by atoms with Crippen LogP contribution in [-0.2, 0) is 0 Å². The maximum atomic E-state index is 9.61. The Morgan fingerprint density at radius 1 is 1.42 bits per heavy atom. The van der Waals surface area contributed by atoms with E-state index in [1.807, 2.05) is 12.1 Å². The van der Waals surface area contributed by atoms with Gasteiger partial charge in [-0.05, 0) is 25.0 Å². The van der Waals surface area contributed by atoms with E-state index in [4.69, 9.17) is 29.6 Å². The van der Waals surface area contributed by atoms with Crippen molar-refractivity contribution >= 4 is 34.5 Å². The highest BCUT2D eigenvalue weighted by Crippen LogP contribution is 2.31. The lowest BCUT2D eigenvalue weighted by molar-refractivity contribution is 0.255. The summed E-state index contributed by atoms with van der Waals surface area (Å²) in [5.41, 5.74) is 7.47. The molecule has 0 aromatic heterocycles. The maximum absolute atomic E-state index is 9.61. The summed E-state index contributed by atoms with van der Waals surface area (Å²) < 4.78 is 0. The van der Waals surface area contributed by atoms with Crippen LogP contribution in [0.2, 0.25) is 5.02 Å². The van der Waals surface area contributed by atoms with E-state index in [-0.39, 0.29) is 12.6 Å². The van der Waals surface area contributed by atoms with Gasteiger partial charge in [-0.15, -0.1) is 0 Å². The Bertz CT molecular complexity index is 467. The van der Waals surface area contributed by atoms with E-state index in [9.17, 15) is 5.11 Å². The minimum absolute atomic E-state index is 0.120. The molecular weight excluding hydrogens is 280 g/mol. The first-order valence-electron chi connectivity index (χ1n) is 6.61. The largest absolute Gasteiger partial charge is 0.394 e. The van der Waals surface area contributed by atoms with Crippen molar-refractivity contribution in [3.63, 3.8) is 0 Å². The number of thiocarbonyl (C=S) groups is 1. The van der Waals surface area contributed by atoms with Crippen LogP contribution in [0.25, 0.3) is 0 Å². The molecule has 1 heterocycles. The molecule has 104 valence electrons. The van der Waals surface area contributed by atoms with Crippen LogP contribution in [0.5, 0.6) is 0 Å². The lowest BCUT2D eigenvalue weighted by Crippen LogP contribution is -2.38. The number of rotatable bonds is 3. The van der Waals surface area contributed by atoms with E-state index < -0.39 is 0 Å². The molecule has 0 bridgehead atoms. The zero-order chi connectivity index (χ0) is 13.8. The molecule has 3 N–H and O–H groups in total. The van der Waals surface area contributed by atoms with Crippen LogP contribution in [-0.4, -0.2) is 29.3 Å². The predicted molar refractivity (Wildman–Crippen MR) is 84.0 cm³/mol. The minimum atomic E-state index is 0.120. The topological polar surface area (TPSA) is 49.5 Å². The molecular formula is C14H19ClN2OS. The molecule has 1 saturated heterocycles. The molecule has 3 nitrogen and oxygen atoms in total. The zero-order valence-electron chi connectivity index (χ0n) is 10.8. The summed E-state index contributed by atoms with van der Waals surface area (Å²) in [5, 5.41) is 10.2. The quantitative estimate of drug-likeness (QED) is 0.843. The third-order valence-corrected chi connectivity index (χ3v) is 4.15. The number of anilines is 1. The normalized spacial score (nSPS) is 20.1. The highest BCUT2D eigenvalue weighted by molar-refractivity contribution is 7.80. The summed E-state index contributed by atoms with van der Waals surface area (Å²) in [4.78, 5) is 2.51. The summed E-state index contributed by atoms with van der Waals surface area (Å²) in [5.74, 6) is 0. The van der Waals surface area contributed by atoms with Gasteiger partial charge in [-0.3, -0.25) is 0 Å². The average molecular weight is 299 g/mol. The Hall–Kier alpha value is -0.840. The highest BCUT2D eigenvalue weighted by Gasteiger charge is 2.24. The van der Waals surface area contributed by atoms with Gasteiger partial charge in [0.2, 0.25) is 0 Å². The summed E-state index contributed by atoms with van der Waals surface area (Å²) in [6, 6.07) is 5.80. The molecule has 0 amide bonds. The van der Waals surface area contributed by atoms with Crippen LogP contribution in [0.15, 0.2) is 18.2 Å². The molecule has 0 radical (unpaired) electrons. The number of aliphatic hydroxyl groups is 1. The molecule has 1 aliphatic rings. The van der Waals surface area contributed by atoms with Gasteiger partial charge in [0.15, 0.2) is 0 Å². The molecule has 1 fully saturated rings. The number of aliphatic hydroxyl groups excluding tert-OH is 1. The molecule has 1 unspecified atom stereocenters. The molecule has 1 aromatic rings. The van der Waals surface area contributed by atoms with E-state index in [1.165, 1.54) is 6.42 Å². The van der Waals surface area contributed by atoms with Crippen LogP contribution < -0.4 is 10.6 Å². The zero-order valence-corrected chi connectivity index (χ0v) is 12.4. The van der Waals surface area contributed by atoms with Crippen LogP contribution >= 0.6 is 23.8 Å². The van der Waals surface area contributed by atoms with Crippen molar-refractivity contribution in [3.05, 3.63) is 28.8 Å². The first kappa shape index (κ1) is 14.6. The van der Waals surface area contributed by atoms with Crippen molar-refractivity contribution in [2.24, 2.45) is 5.73 Å². The molecule has 0 aliphatic carbocycles. The summed E-state index contributed by atoms with van der Waals surface area (Å²) in [7, 11) is 0. The van der Waals surface area contributed by atoms with Crippen molar-refractivity contribution in [1.82, 2.24) is 0 Å². The standard InChI is InChI=1S/C14H19ClN2OS/c15-11-6-4-7-12(13(11)14(16)19)17-8-3-1-2-5-10(17)9-18/h4,6-7,10,18H,1-3,5,8-9H2,(H2,16,19). The fourth-order valence-corrected chi connectivity index (χ4v) is 3.22. The molecule has 5 heteroatoms. The summed E-state index contributed by atoms with van der Waals surface area (Å²) in [6.07, 6.45) is 4.43. The van der Waals surface area contributed by atoms with Gasteiger partial charge in [-0.2, -0.15) is 0 Å². The van der Waals surface area contributed by atoms with E-state index in [0.29, 0.717) is 10.0 Å². The lowest BCUT2D eigenvalue weighted by atomic mass is 10.1. The molecule has 2 rings (SSSR count). The van der Waals surface area contributed by atoms with Gasteiger partial charge in [0, 0.05) is 12.2 Å². The fourth-order valence-electron chi connectivity index (χ4n) is 2.68. The van der Waals surface area contributed by atoms with E-state index in [1.54, 1.807) is 6.07 Å². The average Bonchev–Trinajstić information content (AvgIpc) is 2.62. The van der Waals surface area contributed by atoms with Crippen molar-refractivity contribution < 1.29 is 5.11 Å². The second kappa shape index (κ2) is 6.55. The van der Waals surface area contributed by atoms with Gasteiger partial charge in [0.25, 0.3) is 0 Å². The van der Waals surface area contributed by atoms with E-state index in [0.717, 1.165) is 37.1 Å². The van der Waals surface area contributed by atoms with Gasteiger partial charge in [-0.25, -0.2) is 0 Å². The Morgan fingerprint density at radius 3 is 2.89 bits per heavy atom. The summed E-state index contributed by atoms with van der Waals surface area (Å²) in [6.45, 7) is 1.05. The number of nitrogens with zero attached hydrogens (tertiary/aromatic N) is 1. The monoisotopic (exact) mass is 298 g/mol. The number of hydrogen-bond acceptors (Lipinski definition) is 3. The van der Waals surface area contributed by atoms with Gasteiger partial charge < -0.3 is 15.7 Å². The van der Waals surface area contributed by atoms with Crippen molar-refractivity contribution in [1.29, 1.82) is 0 Å². The van der Waals surface area contributed by atoms with Gasteiger partial charge >= 0.3 is 0 Å². The van der Waals surface area contributed by atoms with Crippen LogP contribution in [0.3, 0.4) is 0 Å². The van der Waals surface area contributed by atoms with Crippen LogP contribution in [0, 0.1) is 0 Å². The first-order chi connectivity index (χ1) is 9.15. The van der Waals surface area contributed by atoms with E-state index in [2.05, 4.69) is 4.90 Å². The SMILES string of the molecule is NC(=S)c1c(Cl)cccc1N1CCCCCC1CO. The van der Waals surface area contributed by atoms with Crippen LogP contribution in [0.1, 0.15) is 31.2 Å². The second-order valence-corrected chi connectivity index (χ2v) is 5.72. The third kappa shape index (κ3) is 3.19. The van der Waals surface area contributed by atoms with Gasteiger partial charge in [-0.1, -0.05) is 42.7 Å². The number of nitrogens with two attached hydrogens (primary N) is 1.